The zero-order valence-electron chi connectivity index (χ0n) is 6.31. The molecule has 0 heterocycles. The fourth-order valence-corrected chi connectivity index (χ4v) is 0.808. The van der Waals surface area contributed by atoms with Crippen molar-refractivity contribution < 1.29 is 4.74 Å². The highest BCUT2D eigenvalue weighted by Crippen LogP contribution is 2.17. The summed E-state index contributed by atoms with van der Waals surface area (Å²) in [6, 6.07) is 0.793. The maximum Gasteiger partial charge on any atom is 0.0591 e. The van der Waals surface area contributed by atoms with Crippen LogP contribution in [0.2, 0.25) is 0 Å². The summed E-state index contributed by atoms with van der Waals surface area (Å²) in [6.07, 6.45) is 2.69. The van der Waals surface area contributed by atoms with Gasteiger partial charge in [0.05, 0.1) is 13.2 Å². The summed E-state index contributed by atoms with van der Waals surface area (Å²) in [7, 11) is 0. The number of hydrogen-bond acceptors (Lipinski definition) is 3. The van der Waals surface area contributed by atoms with Crippen LogP contribution in [-0.4, -0.2) is 32.3 Å². The van der Waals surface area contributed by atoms with E-state index in [1.165, 1.54) is 12.8 Å². The van der Waals surface area contributed by atoms with E-state index in [4.69, 9.17) is 10.5 Å². The number of ether oxygens (including phenoxy) is 1. The zero-order valence-corrected chi connectivity index (χ0v) is 6.31. The SMILES string of the molecule is NCCOCCNC1CC1. The summed E-state index contributed by atoms with van der Waals surface area (Å²) in [5, 5.41) is 3.35. The summed E-state index contributed by atoms with van der Waals surface area (Å²) in [5.74, 6) is 0. The van der Waals surface area contributed by atoms with Gasteiger partial charge in [-0.1, -0.05) is 0 Å². The highest BCUT2D eigenvalue weighted by molar-refractivity contribution is 4.80. The van der Waals surface area contributed by atoms with Crippen LogP contribution in [0.4, 0.5) is 0 Å². The second-order valence-electron chi connectivity index (χ2n) is 2.63. The Bertz CT molecular complexity index is 83.7. The molecule has 3 N–H and O–H groups in total. The van der Waals surface area contributed by atoms with Crippen LogP contribution in [0.5, 0.6) is 0 Å². The fraction of sp³-hybridized carbons (Fsp3) is 1.00. The summed E-state index contributed by atoms with van der Waals surface area (Å²) in [5.41, 5.74) is 5.24. The second-order valence-corrected chi connectivity index (χ2v) is 2.63. The van der Waals surface area contributed by atoms with Gasteiger partial charge in [-0.15, -0.1) is 0 Å². The topological polar surface area (TPSA) is 47.3 Å². The molecule has 10 heavy (non-hydrogen) atoms. The molecule has 0 spiro atoms. The number of hydrogen-bond donors (Lipinski definition) is 2. The maximum absolute atomic E-state index is 5.24. The molecule has 1 aliphatic carbocycles. The van der Waals surface area contributed by atoms with E-state index in [9.17, 15) is 0 Å². The molecule has 3 nitrogen and oxygen atoms in total. The van der Waals surface area contributed by atoms with Crippen LogP contribution in [0.1, 0.15) is 12.8 Å². The van der Waals surface area contributed by atoms with Crippen LogP contribution in [0.3, 0.4) is 0 Å². The first-order valence-corrected chi connectivity index (χ1v) is 3.94. The Labute approximate surface area is 61.9 Å². The third-order valence-electron chi connectivity index (χ3n) is 1.52. The zero-order chi connectivity index (χ0) is 7.23. The van der Waals surface area contributed by atoms with Crippen LogP contribution >= 0.6 is 0 Å². The van der Waals surface area contributed by atoms with Crippen molar-refractivity contribution in [3.8, 4) is 0 Å². The van der Waals surface area contributed by atoms with Crippen LogP contribution < -0.4 is 11.1 Å². The molecule has 0 unspecified atom stereocenters. The minimum Gasteiger partial charge on any atom is -0.379 e. The fourth-order valence-electron chi connectivity index (χ4n) is 0.808. The van der Waals surface area contributed by atoms with E-state index in [0.29, 0.717) is 13.2 Å². The molecular formula is C7H16N2O. The van der Waals surface area contributed by atoms with Crippen LogP contribution in [-0.2, 0) is 4.74 Å². The molecule has 0 atom stereocenters. The van der Waals surface area contributed by atoms with Crippen LogP contribution in [0, 0.1) is 0 Å². The van der Waals surface area contributed by atoms with Gasteiger partial charge in [-0.05, 0) is 12.8 Å². The van der Waals surface area contributed by atoms with Gasteiger partial charge in [0.15, 0.2) is 0 Å². The molecule has 0 aromatic carbocycles. The highest BCUT2D eigenvalue weighted by atomic mass is 16.5. The molecule has 0 aliphatic heterocycles. The Morgan fingerprint density at radius 3 is 2.80 bits per heavy atom. The van der Waals surface area contributed by atoms with Gasteiger partial charge >= 0.3 is 0 Å². The molecule has 60 valence electrons. The van der Waals surface area contributed by atoms with Crippen molar-refractivity contribution >= 4 is 0 Å². The number of nitrogens with two attached hydrogens (primary N) is 1. The Kier molecular flexibility index (Phi) is 3.72. The Balaban J connectivity index is 1.68. The van der Waals surface area contributed by atoms with E-state index < -0.39 is 0 Å². The van der Waals surface area contributed by atoms with Crippen molar-refractivity contribution in [3.63, 3.8) is 0 Å². The van der Waals surface area contributed by atoms with Gasteiger partial charge in [-0.3, -0.25) is 0 Å². The maximum atomic E-state index is 5.24. The molecule has 0 amide bonds. The van der Waals surface area contributed by atoms with Gasteiger partial charge in [0, 0.05) is 19.1 Å². The first-order valence-electron chi connectivity index (χ1n) is 3.94. The molecule has 0 saturated heterocycles. The quantitative estimate of drug-likeness (QED) is 0.504. The van der Waals surface area contributed by atoms with Crippen molar-refractivity contribution in [2.75, 3.05) is 26.3 Å². The summed E-state index contributed by atoms with van der Waals surface area (Å²) < 4.78 is 5.17. The van der Waals surface area contributed by atoms with Crippen LogP contribution in [0.25, 0.3) is 0 Å². The molecule has 3 heteroatoms. The van der Waals surface area contributed by atoms with E-state index in [1.807, 2.05) is 0 Å². The van der Waals surface area contributed by atoms with Crippen molar-refractivity contribution in [1.29, 1.82) is 0 Å². The molecule has 0 aromatic rings. The van der Waals surface area contributed by atoms with E-state index in [0.717, 1.165) is 19.2 Å². The van der Waals surface area contributed by atoms with Crippen LogP contribution in [0.15, 0.2) is 0 Å². The first-order chi connectivity index (χ1) is 4.93. The average molecular weight is 144 g/mol. The van der Waals surface area contributed by atoms with Gasteiger partial charge in [0.1, 0.15) is 0 Å². The lowest BCUT2D eigenvalue weighted by molar-refractivity contribution is 0.143. The molecule has 1 aliphatic rings. The van der Waals surface area contributed by atoms with Gasteiger partial charge in [0.25, 0.3) is 0 Å². The Morgan fingerprint density at radius 2 is 2.20 bits per heavy atom. The third kappa shape index (κ3) is 3.82. The lowest BCUT2D eigenvalue weighted by Crippen LogP contribution is -2.22. The third-order valence-corrected chi connectivity index (χ3v) is 1.52. The van der Waals surface area contributed by atoms with E-state index in [-0.39, 0.29) is 0 Å². The molecule has 1 fully saturated rings. The van der Waals surface area contributed by atoms with Crippen molar-refractivity contribution in [1.82, 2.24) is 5.32 Å². The molecule has 1 saturated carbocycles. The summed E-state index contributed by atoms with van der Waals surface area (Å²) in [4.78, 5) is 0. The smallest absolute Gasteiger partial charge is 0.0591 e. The second kappa shape index (κ2) is 4.66. The first kappa shape index (κ1) is 7.98. The largest absolute Gasteiger partial charge is 0.379 e. The summed E-state index contributed by atoms with van der Waals surface area (Å²) in [6.45, 7) is 3.09. The Hall–Kier alpha value is -0.120. The van der Waals surface area contributed by atoms with E-state index in [1.54, 1.807) is 0 Å². The van der Waals surface area contributed by atoms with E-state index >= 15 is 0 Å². The monoisotopic (exact) mass is 144 g/mol. The molecule has 0 aromatic heterocycles. The molecule has 0 bridgehead atoms. The minimum absolute atomic E-state index is 0.628. The van der Waals surface area contributed by atoms with Gasteiger partial charge in [0.2, 0.25) is 0 Å². The minimum atomic E-state index is 0.628. The lowest BCUT2D eigenvalue weighted by atomic mass is 10.6. The average Bonchev–Trinajstić information content (AvgIpc) is 2.71. The van der Waals surface area contributed by atoms with Crippen molar-refractivity contribution in [3.05, 3.63) is 0 Å². The highest BCUT2D eigenvalue weighted by Gasteiger charge is 2.19. The lowest BCUT2D eigenvalue weighted by Gasteiger charge is -2.02. The van der Waals surface area contributed by atoms with Gasteiger partial charge < -0.3 is 15.8 Å². The summed E-state index contributed by atoms with van der Waals surface area (Å²) >= 11 is 0. The number of rotatable bonds is 6. The van der Waals surface area contributed by atoms with E-state index in [2.05, 4.69) is 5.32 Å². The number of nitrogens with one attached hydrogen (secondary N) is 1. The Morgan fingerprint density at radius 1 is 1.40 bits per heavy atom. The molecular weight excluding hydrogens is 128 g/mol. The molecule has 0 radical (unpaired) electrons. The van der Waals surface area contributed by atoms with Gasteiger partial charge in [-0.2, -0.15) is 0 Å². The predicted molar refractivity (Wildman–Crippen MR) is 40.9 cm³/mol. The molecule has 1 rings (SSSR count). The van der Waals surface area contributed by atoms with Crippen molar-refractivity contribution in [2.24, 2.45) is 5.73 Å². The standard InChI is InChI=1S/C7H16N2O/c8-3-5-10-6-4-9-7-1-2-7/h7,9H,1-6,8H2. The normalized spacial score (nSPS) is 17.7. The van der Waals surface area contributed by atoms with Crippen molar-refractivity contribution in [2.45, 2.75) is 18.9 Å². The predicted octanol–water partition coefficient (Wildman–Crippen LogP) is -0.286. The van der Waals surface area contributed by atoms with Gasteiger partial charge in [-0.25, -0.2) is 0 Å².